The molecular formula is C18H21FN4O3. The fourth-order valence-corrected chi connectivity index (χ4v) is 2.97. The van der Waals surface area contributed by atoms with Crippen molar-refractivity contribution in [1.29, 1.82) is 0 Å². The molecule has 1 amide bonds. The molecule has 8 heteroatoms. The average Bonchev–Trinajstić information content (AvgIpc) is 3.11. The van der Waals surface area contributed by atoms with Gasteiger partial charge in [-0.05, 0) is 6.07 Å². The second-order valence-electron chi connectivity index (χ2n) is 6.30. The van der Waals surface area contributed by atoms with Gasteiger partial charge in [-0.15, -0.1) is 0 Å². The summed E-state index contributed by atoms with van der Waals surface area (Å²) >= 11 is 0. The lowest BCUT2D eigenvalue weighted by Crippen LogP contribution is -2.48. The maximum Gasteiger partial charge on any atom is 0.305 e. The molecule has 7 nitrogen and oxygen atoms in total. The molecule has 0 saturated carbocycles. The minimum Gasteiger partial charge on any atom is -0.481 e. The molecule has 1 saturated heterocycles. The highest BCUT2D eigenvalue weighted by Gasteiger charge is 2.23. The van der Waals surface area contributed by atoms with Crippen LogP contribution >= 0.6 is 0 Å². The third-order valence-corrected chi connectivity index (χ3v) is 4.45. The average molecular weight is 360 g/mol. The number of benzene rings is 1. The van der Waals surface area contributed by atoms with Crippen molar-refractivity contribution < 1.29 is 19.1 Å². The Balaban J connectivity index is 1.52. The summed E-state index contributed by atoms with van der Waals surface area (Å²) in [6.45, 7) is 3.24. The third-order valence-electron chi connectivity index (χ3n) is 4.45. The van der Waals surface area contributed by atoms with E-state index in [9.17, 15) is 14.0 Å². The lowest BCUT2D eigenvalue weighted by atomic mass is 10.2. The van der Waals surface area contributed by atoms with Crippen molar-refractivity contribution in [3.63, 3.8) is 0 Å². The molecular weight excluding hydrogens is 339 g/mol. The Morgan fingerprint density at radius 1 is 1.15 bits per heavy atom. The van der Waals surface area contributed by atoms with Gasteiger partial charge in [0, 0.05) is 44.5 Å². The number of carboxylic acids is 1. The molecule has 1 aliphatic rings. The number of carbonyl (C=O) groups excluding carboxylic acids is 1. The van der Waals surface area contributed by atoms with Crippen LogP contribution in [0.15, 0.2) is 36.7 Å². The van der Waals surface area contributed by atoms with Crippen molar-refractivity contribution in [2.24, 2.45) is 0 Å². The number of aromatic nitrogens is 2. The summed E-state index contributed by atoms with van der Waals surface area (Å²) in [6.07, 6.45) is 3.01. The van der Waals surface area contributed by atoms with Gasteiger partial charge in [0.25, 0.3) is 5.91 Å². The van der Waals surface area contributed by atoms with Gasteiger partial charge < -0.3 is 10.0 Å². The van der Waals surface area contributed by atoms with E-state index in [4.69, 9.17) is 5.11 Å². The van der Waals surface area contributed by atoms with E-state index in [1.54, 1.807) is 23.2 Å². The normalized spacial score (nSPS) is 15.2. The molecule has 1 aromatic heterocycles. The van der Waals surface area contributed by atoms with Crippen LogP contribution in [0.1, 0.15) is 22.3 Å². The van der Waals surface area contributed by atoms with Crippen LogP contribution in [0.2, 0.25) is 0 Å². The molecule has 0 aliphatic carbocycles. The van der Waals surface area contributed by atoms with Crippen molar-refractivity contribution in [1.82, 2.24) is 19.6 Å². The van der Waals surface area contributed by atoms with Gasteiger partial charge in [-0.3, -0.25) is 19.2 Å². The Bertz CT molecular complexity index is 784. The smallest absolute Gasteiger partial charge is 0.305 e. The van der Waals surface area contributed by atoms with E-state index in [2.05, 4.69) is 10.00 Å². The van der Waals surface area contributed by atoms with Crippen LogP contribution in [0.25, 0.3) is 0 Å². The Labute approximate surface area is 150 Å². The summed E-state index contributed by atoms with van der Waals surface area (Å²) in [5, 5.41) is 12.7. The van der Waals surface area contributed by atoms with Gasteiger partial charge >= 0.3 is 5.97 Å². The van der Waals surface area contributed by atoms with Gasteiger partial charge in [0.1, 0.15) is 5.82 Å². The lowest BCUT2D eigenvalue weighted by molar-refractivity contribution is -0.137. The molecule has 0 bridgehead atoms. The number of aliphatic carboxylic acids is 1. The highest BCUT2D eigenvalue weighted by Crippen LogP contribution is 2.13. The fourth-order valence-electron chi connectivity index (χ4n) is 2.97. The van der Waals surface area contributed by atoms with Crippen LogP contribution in [-0.4, -0.2) is 62.7 Å². The number of halogens is 1. The van der Waals surface area contributed by atoms with Gasteiger partial charge in [0.15, 0.2) is 0 Å². The van der Waals surface area contributed by atoms with E-state index >= 15 is 0 Å². The van der Waals surface area contributed by atoms with Crippen LogP contribution in [0.3, 0.4) is 0 Å². The molecule has 2 heterocycles. The first-order valence-corrected chi connectivity index (χ1v) is 8.52. The molecule has 0 unspecified atom stereocenters. The Hall–Kier alpha value is -2.74. The number of aryl methyl sites for hydroxylation is 1. The summed E-state index contributed by atoms with van der Waals surface area (Å²) in [4.78, 5) is 27.0. The van der Waals surface area contributed by atoms with E-state index in [0.717, 1.165) is 0 Å². The van der Waals surface area contributed by atoms with Crippen LogP contribution in [-0.2, 0) is 17.9 Å². The van der Waals surface area contributed by atoms with Crippen LogP contribution in [0, 0.1) is 5.82 Å². The molecule has 1 N–H and O–H groups in total. The van der Waals surface area contributed by atoms with Crippen molar-refractivity contribution in [3.05, 3.63) is 53.6 Å². The Morgan fingerprint density at radius 3 is 2.58 bits per heavy atom. The molecule has 1 aromatic carbocycles. The highest BCUT2D eigenvalue weighted by molar-refractivity contribution is 5.93. The molecule has 1 fully saturated rings. The lowest BCUT2D eigenvalue weighted by Gasteiger charge is -2.34. The number of carboxylic acid groups (broad SMARTS) is 1. The summed E-state index contributed by atoms with van der Waals surface area (Å²) in [5.74, 6) is -1.23. The van der Waals surface area contributed by atoms with Crippen LogP contribution in [0.4, 0.5) is 4.39 Å². The summed E-state index contributed by atoms with van der Waals surface area (Å²) in [7, 11) is 0. The predicted octanol–water partition coefficient (Wildman–Crippen LogP) is 1.45. The number of hydrogen-bond acceptors (Lipinski definition) is 4. The molecule has 26 heavy (non-hydrogen) atoms. The maximum absolute atomic E-state index is 13.7. The van der Waals surface area contributed by atoms with E-state index in [1.807, 2.05) is 6.07 Å². The quantitative estimate of drug-likeness (QED) is 0.844. The Morgan fingerprint density at radius 2 is 1.88 bits per heavy atom. The largest absolute Gasteiger partial charge is 0.481 e. The van der Waals surface area contributed by atoms with Crippen molar-refractivity contribution in [3.8, 4) is 0 Å². The first-order valence-electron chi connectivity index (χ1n) is 8.52. The fraction of sp³-hybridized carbons (Fsp3) is 0.389. The molecule has 0 atom stereocenters. The molecule has 0 radical (unpaired) electrons. The van der Waals surface area contributed by atoms with E-state index in [-0.39, 0.29) is 24.7 Å². The number of carbonyl (C=O) groups is 2. The zero-order valence-corrected chi connectivity index (χ0v) is 14.3. The van der Waals surface area contributed by atoms with Gasteiger partial charge in [0.05, 0.1) is 24.7 Å². The molecule has 138 valence electrons. The molecule has 1 aliphatic heterocycles. The minimum absolute atomic E-state index is 0.0377. The third kappa shape index (κ3) is 4.45. The number of rotatable bonds is 6. The molecule has 0 spiro atoms. The zero-order chi connectivity index (χ0) is 18.5. The zero-order valence-electron chi connectivity index (χ0n) is 14.3. The summed E-state index contributed by atoms with van der Waals surface area (Å²) < 4.78 is 15.2. The van der Waals surface area contributed by atoms with Crippen LogP contribution in [0.5, 0.6) is 0 Å². The molecule has 2 aromatic rings. The van der Waals surface area contributed by atoms with Crippen LogP contribution < -0.4 is 0 Å². The standard InChI is InChI=1S/C18H21FN4O3/c19-16-4-2-1-3-14(16)12-21-7-9-22(10-8-21)18(26)15-11-20-23(13-15)6-5-17(24)25/h1-4,11,13H,5-10,12H2,(H,24,25). The van der Waals surface area contributed by atoms with Crippen molar-refractivity contribution in [2.45, 2.75) is 19.5 Å². The SMILES string of the molecule is O=C(O)CCn1cc(C(=O)N2CCN(Cc3ccccc3F)CC2)cn1. The van der Waals surface area contributed by atoms with E-state index in [1.165, 1.54) is 16.9 Å². The first kappa shape index (κ1) is 18.1. The summed E-state index contributed by atoms with van der Waals surface area (Å²) in [6, 6.07) is 6.72. The Kier molecular flexibility index (Phi) is 5.62. The minimum atomic E-state index is -0.903. The molecule has 3 rings (SSSR count). The number of nitrogens with zero attached hydrogens (tertiary/aromatic N) is 4. The van der Waals surface area contributed by atoms with E-state index < -0.39 is 5.97 Å². The topological polar surface area (TPSA) is 78.7 Å². The summed E-state index contributed by atoms with van der Waals surface area (Å²) in [5.41, 5.74) is 1.12. The first-order chi connectivity index (χ1) is 12.5. The van der Waals surface area contributed by atoms with Gasteiger partial charge in [0.2, 0.25) is 0 Å². The number of amides is 1. The van der Waals surface area contributed by atoms with Gasteiger partial charge in [-0.25, -0.2) is 4.39 Å². The van der Waals surface area contributed by atoms with Crippen molar-refractivity contribution in [2.75, 3.05) is 26.2 Å². The second kappa shape index (κ2) is 8.09. The maximum atomic E-state index is 13.7. The predicted molar refractivity (Wildman–Crippen MR) is 92.1 cm³/mol. The highest BCUT2D eigenvalue weighted by atomic mass is 19.1. The van der Waals surface area contributed by atoms with Gasteiger partial charge in [-0.1, -0.05) is 18.2 Å². The van der Waals surface area contributed by atoms with Gasteiger partial charge in [-0.2, -0.15) is 5.10 Å². The number of hydrogen-bond donors (Lipinski definition) is 1. The second-order valence-corrected chi connectivity index (χ2v) is 6.30. The number of piperazine rings is 1. The van der Waals surface area contributed by atoms with Crippen molar-refractivity contribution >= 4 is 11.9 Å². The van der Waals surface area contributed by atoms with E-state index in [0.29, 0.717) is 43.9 Å². The monoisotopic (exact) mass is 360 g/mol.